The molecule has 4 nitrogen and oxygen atoms in total. The van der Waals surface area contributed by atoms with Crippen LogP contribution in [-0.2, 0) is 17.8 Å². The van der Waals surface area contributed by atoms with Crippen LogP contribution in [0.15, 0.2) is 103 Å². The lowest BCUT2D eigenvalue weighted by molar-refractivity contribution is 0.132. The minimum Gasteiger partial charge on any atom is -0.445 e. The van der Waals surface area contributed by atoms with Gasteiger partial charge < -0.3 is 10.1 Å². The predicted octanol–water partition coefficient (Wildman–Crippen LogP) is 5.99. The van der Waals surface area contributed by atoms with Crippen molar-refractivity contribution in [1.29, 1.82) is 0 Å². The van der Waals surface area contributed by atoms with Gasteiger partial charge in [0, 0.05) is 12.5 Å². The molecule has 2 N–H and O–H groups in total. The summed E-state index contributed by atoms with van der Waals surface area (Å²) in [5.41, 5.74) is 3.29. The van der Waals surface area contributed by atoms with E-state index in [0.29, 0.717) is 6.42 Å². The second-order valence-electron chi connectivity index (χ2n) is 7.91. The predicted molar refractivity (Wildman–Crippen MR) is 129 cm³/mol. The van der Waals surface area contributed by atoms with E-state index < -0.39 is 6.09 Å². The molecule has 4 rings (SSSR count). The van der Waals surface area contributed by atoms with E-state index >= 15 is 0 Å². The van der Waals surface area contributed by atoms with Crippen LogP contribution in [0.4, 0.5) is 4.79 Å². The van der Waals surface area contributed by atoms with Gasteiger partial charge in [-0.3, -0.25) is 5.32 Å². The van der Waals surface area contributed by atoms with Crippen molar-refractivity contribution in [2.24, 2.45) is 0 Å². The fourth-order valence-corrected chi connectivity index (χ4v) is 3.93. The molecule has 0 aromatic heterocycles. The van der Waals surface area contributed by atoms with E-state index in [-0.39, 0.29) is 18.8 Å². The number of carbonyl (C=O) groups is 1. The Hall–Kier alpha value is -3.63. The summed E-state index contributed by atoms with van der Waals surface area (Å²) in [6, 6.07) is 34.5. The highest BCUT2D eigenvalue weighted by Gasteiger charge is 2.18. The fourth-order valence-electron chi connectivity index (χ4n) is 3.93. The van der Waals surface area contributed by atoms with Gasteiger partial charge in [0.05, 0.1) is 6.17 Å². The topological polar surface area (TPSA) is 50.4 Å². The van der Waals surface area contributed by atoms with E-state index in [2.05, 4.69) is 66.1 Å². The minimum absolute atomic E-state index is 0.0317. The molecule has 0 fully saturated rings. The molecule has 4 aromatic rings. The van der Waals surface area contributed by atoms with Gasteiger partial charge in [-0.25, -0.2) is 4.79 Å². The number of nitrogens with one attached hydrogen (secondary N) is 2. The highest BCUT2D eigenvalue weighted by Crippen LogP contribution is 2.24. The van der Waals surface area contributed by atoms with Gasteiger partial charge in [-0.1, -0.05) is 103 Å². The maximum Gasteiger partial charge on any atom is 0.408 e. The maximum absolute atomic E-state index is 12.6. The van der Waals surface area contributed by atoms with E-state index in [1.165, 1.54) is 16.3 Å². The normalized spacial score (nSPS) is 12.8. The molecule has 4 heteroatoms. The first-order valence-corrected chi connectivity index (χ1v) is 10.9. The summed E-state index contributed by atoms with van der Waals surface area (Å²) in [5.74, 6) is 0. The Kier molecular flexibility index (Phi) is 7.15. The van der Waals surface area contributed by atoms with Crippen molar-refractivity contribution in [3.05, 3.63) is 120 Å². The number of benzene rings is 4. The van der Waals surface area contributed by atoms with Gasteiger partial charge >= 0.3 is 6.09 Å². The molecule has 0 spiro atoms. The van der Waals surface area contributed by atoms with Crippen LogP contribution in [0.25, 0.3) is 10.8 Å². The summed E-state index contributed by atoms with van der Waals surface area (Å²) in [6.07, 6.45) is -0.0711. The highest BCUT2D eigenvalue weighted by molar-refractivity contribution is 5.86. The Bertz CT molecular complexity index is 1140. The molecule has 0 aliphatic carbocycles. The lowest BCUT2D eigenvalue weighted by atomic mass is 9.99. The molecule has 4 aromatic carbocycles. The zero-order chi connectivity index (χ0) is 22.2. The number of hydrogen-bond donors (Lipinski definition) is 2. The van der Waals surface area contributed by atoms with Crippen LogP contribution in [0.5, 0.6) is 0 Å². The lowest BCUT2D eigenvalue weighted by Crippen LogP contribution is -2.47. The zero-order valence-electron chi connectivity index (χ0n) is 18.2. The monoisotopic (exact) mass is 424 g/mol. The third kappa shape index (κ3) is 5.74. The van der Waals surface area contributed by atoms with Crippen molar-refractivity contribution in [2.45, 2.75) is 32.2 Å². The Labute approximate surface area is 189 Å². The molecular weight excluding hydrogens is 396 g/mol. The van der Waals surface area contributed by atoms with Gasteiger partial charge in [0.25, 0.3) is 0 Å². The number of fused-ring (bicyclic) bond motifs is 1. The van der Waals surface area contributed by atoms with Crippen molar-refractivity contribution in [2.75, 3.05) is 0 Å². The third-order valence-electron chi connectivity index (χ3n) is 5.53. The average Bonchev–Trinajstić information content (AvgIpc) is 2.83. The van der Waals surface area contributed by atoms with Crippen LogP contribution in [0.1, 0.15) is 29.7 Å². The van der Waals surface area contributed by atoms with Gasteiger partial charge in [-0.05, 0) is 34.4 Å². The van der Waals surface area contributed by atoms with Gasteiger partial charge in [-0.2, -0.15) is 0 Å². The number of alkyl carbamates (subject to hydrolysis) is 1. The van der Waals surface area contributed by atoms with Crippen molar-refractivity contribution in [3.63, 3.8) is 0 Å². The van der Waals surface area contributed by atoms with Gasteiger partial charge in [-0.15, -0.1) is 0 Å². The molecule has 0 aliphatic rings. The van der Waals surface area contributed by atoms with Crippen LogP contribution < -0.4 is 10.6 Å². The fraction of sp³-hybridized carbons (Fsp3) is 0.179. The van der Waals surface area contributed by atoms with Crippen LogP contribution in [-0.4, -0.2) is 12.3 Å². The molecule has 32 heavy (non-hydrogen) atoms. The minimum atomic E-state index is -0.438. The van der Waals surface area contributed by atoms with E-state index in [1.54, 1.807) is 0 Å². The SMILES string of the molecule is C[C@@H](N[C@H](Cc1ccccc1)NC(=O)OCc1ccccc1)c1cccc2ccccc12. The zero-order valence-corrected chi connectivity index (χ0v) is 18.2. The van der Waals surface area contributed by atoms with Crippen LogP contribution >= 0.6 is 0 Å². The molecular formula is C28H28N2O2. The Balaban J connectivity index is 1.47. The first-order chi connectivity index (χ1) is 15.7. The van der Waals surface area contributed by atoms with Crippen molar-refractivity contribution >= 4 is 16.9 Å². The summed E-state index contributed by atoms with van der Waals surface area (Å²) in [6.45, 7) is 2.36. The number of rotatable bonds is 8. The van der Waals surface area contributed by atoms with E-state index in [4.69, 9.17) is 4.74 Å². The van der Waals surface area contributed by atoms with Gasteiger partial charge in [0.1, 0.15) is 6.61 Å². The quantitative estimate of drug-likeness (QED) is 0.342. The molecule has 0 heterocycles. The molecule has 0 bridgehead atoms. The summed E-state index contributed by atoms with van der Waals surface area (Å²) < 4.78 is 5.46. The van der Waals surface area contributed by atoms with Crippen molar-refractivity contribution < 1.29 is 9.53 Å². The first-order valence-electron chi connectivity index (χ1n) is 10.9. The lowest BCUT2D eigenvalue weighted by Gasteiger charge is -2.25. The van der Waals surface area contributed by atoms with E-state index in [1.807, 2.05) is 54.6 Å². The van der Waals surface area contributed by atoms with Crippen molar-refractivity contribution in [1.82, 2.24) is 10.6 Å². The third-order valence-corrected chi connectivity index (χ3v) is 5.53. The summed E-state index contributed by atoms with van der Waals surface area (Å²) in [4.78, 5) is 12.6. The smallest absolute Gasteiger partial charge is 0.408 e. The molecule has 2 atom stereocenters. The molecule has 0 saturated carbocycles. The summed E-state index contributed by atoms with van der Waals surface area (Å²) in [5, 5.41) is 9.01. The molecule has 162 valence electrons. The van der Waals surface area contributed by atoms with Crippen molar-refractivity contribution in [3.8, 4) is 0 Å². The van der Waals surface area contributed by atoms with E-state index in [9.17, 15) is 4.79 Å². The summed E-state index contributed by atoms with van der Waals surface area (Å²) in [7, 11) is 0. The van der Waals surface area contributed by atoms with Crippen LogP contribution in [0.2, 0.25) is 0 Å². The first kappa shape index (κ1) is 21.6. The number of amides is 1. The molecule has 0 saturated heterocycles. The van der Waals surface area contributed by atoms with E-state index in [0.717, 1.165) is 11.1 Å². The van der Waals surface area contributed by atoms with Gasteiger partial charge in [0.2, 0.25) is 0 Å². The molecule has 0 unspecified atom stereocenters. The Morgan fingerprint density at radius 3 is 2.16 bits per heavy atom. The Morgan fingerprint density at radius 2 is 1.41 bits per heavy atom. The van der Waals surface area contributed by atoms with Crippen LogP contribution in [0.3, 0.4) is 0 Å². The number of ether oxygens (including phenoxy) is 1. The standard InChI is InChI=1S/C28H28N2O2/c1-21(25-18-10-16-24-15-8-9-17-26(24)25)29-27(19-22-11-4-2-5-12-22)30-28(31)32-20-23-13-6-3-7-14-23/h2-18,21,27,29H,19-20H2,1H3,(H,30,31)/t21-,27+/m1/s1. The second-order valence-corrected chi connectivity index (χ2v) is 7.91. The average molecular weight is 425 g/mol. The molecule has 0 aliphatic heterocycles. The number of carbonyl (C=O) groups excluding carboxylic acids is 1. The highest BCUT2D eigenvalue weighted by atomic mass is 16.5. The molecule has 1 amide bonds. The second kappa shape index (κ2) is 10.6. The largest absolute Gasteiger partial charge is 0.445 e. The molecule has 0 radical (unpaired) electrons. The number of hydrogen-bond acceptors (Lipinski definition) is 3. The van der Waals surface area contributed by atoms with Crippen LogP contribution in [0, 0.1) is 0 Å². The van der Waals surface area contributed by atoms with Gasteiger partial charge in [0.15, 0.2) is 0 Å². The maximum atomic E-state index is 12.6. The Morgan fingerprint density at radius 1 is 0.781 bits per heavy atom. The summed E-state index contributed by atoms with van der Waals surface area (Å²) >= 11 is 0.